The fraction of sp³-hybridized carbons (Fsp3) is 1.00. The first-order chi connectivity index (χ1) is 20.3. The second kappa shape index (κ2) is 36.8. The molecule has 0 saturated heterocycles. The van der Waals surface area contributed by atoms with Crippen molar-refractivity contribution >= 4 is 23.5 Å². The molecule has 0 aliphatic heterocycles. The molecule has 2 atom stereocenters. The average molecular weight is 615 g/mol. The Morgan fingerprint density at radius 1 is 0.341 bits per heavy atom. The Kier molecular flexibility index (Phi) is 37.4. The molecule has 248 valence electrons. The SMILES string of the molecule is CCCCCCCCCCSC(CCCCCC)CCOCCC(CCCCCC)SCCCCCCCCCC. The molecule has 0 aromatic carbocycles. The molecule has 0 rings (SSSR count). The zero-order valence-corrected chi connectivity index (χ0v) is 30.6. The zero-order valence-electron chi connectivity index (χ0n) is 29.0. The van der Waals surface area contributed by atoms with Gasteiger partial charge in [0.15, 0.2) is 0 Å². The minimum atomic E-state index is 0.817. The second-order valence-electron chi connectivity index (χ2n) is 12.8. The summed E-state index contributed by atoms with van der Waals surface area (Å²) in [5.41, 5.74) is 0. The Bertz CT molecular complexity index is 418. The van der Waals surface area contributed by atoms with Crippen LogP contribution in [0.4, 0.5) is 0 Å². The highest BCUT2D eigenvalue weighted by Gasteiger charge is 2.12. The van der Waals surface area contributed by atoms with Crippen LogP contribution in [0.3, 0.4) is 0 Å². The smallest absolute Gasteiger partial charge is 0.0476 e. The summed E-state index contributed by atoms with van der Waals surface area (Å²) in [6.07, 6.45) is 39.4. The molecule has 0 spiro atoms. The highest BCUT2D eigenvalue weighted by atomic mass is 32.2. The van der Waals surface area contributed by atoms with Gasteiger partial charge in [0.05, 0.1) is 0 Å². The molecule has 3 heteroatoms. The molecule has 0 saturated carbocycles. The topological polar surface area (TPSA) is 9.23 Å². The van der Waals surface area contributed by atoms with E-state index in [1.807, 2.05) is 0 Å². The van der Waals surface area contributed by atoms with Gasteiger partial charge in [0.2, 0.25) is 0 Å². The maximum absolute atomic E-state index is 6.31. The summed E-state index contributed by atoms with van der Waals surface area (Å²) in [5, 5.41) is 1.63. The zero-order chi connectivity index (χ0) is 29.9. The molecule has 0 fully saturated rings. The van der Waals surface area contributed by atoms with Gasteiger partial charge in [-0.3, -0.25) is 0 Å². The molecule has 2 unspecified atom stereocenters. The van der Waals surface area contributed by atoms with Crippen LogP contribution in [-0.2, 0) is 4.74 Å². The molecular formula is C38H78OS2. The molecule has 0 aromatic heterocycles. The van der Waals surface area contributed by atoms with Gasteiger partial charge in [0, 0.05) is 23.7 Å². The molecule has 0 heterocycles. The molecule has 0 aromatic rings. The van der Waals surface area contributed by atoms with Crippen molar-refractivity contribution in [3.8, 4) is 0 Å². The van der Waals surface area contributed by atoms with Crippen LogP contribution in [0.5, 0.6) is 0 Å². The monoisotopic (exact) mass is 615 g/mol. The van der Waals surface area contributed by atoms with E-state index in [-0.39, 0.29) is 0 Å². The average Bonchev–Trinajstić information content (AvgIpc) is 2.98. The quantitative estimate of drug-likeness (QED) is 0.0650. The van der Waals surface area contributed by atoms with Gasteiger partial charge in [-0.1, -0.05) is 169 Å². The third kappa shape index (κ3) is 33.4. The Balaban J connectivity index is 4.18. The lowest BCUT2D eigenvalue weighted by atomic mass is 10.1. The van der Waals surface area contributed by atoms with E-state index in [2.05, 4.69) is 51.2 Å². The Hall–Kier alpha value is 0.660. The van der Waals surface area contributed by atoms with Crippen molar-refractivity contribution in [2.75, 3.05) is 24.7 Å². The summed E-state index contributed by atoms with van der Waals surface area (Å²) >= 11 is 4.54. The lowest BCUT2D eigenvalue weighted by Gasteiger charge is -2.19. The largest absolute Gasteiger partial charge is 0.381 e. The van der Waals surface area contributed by atoms with E-state index in [1.54, 1.807) is 0 Å². The van der Waals surface area contributed by atoms with Crippen molar-refractivity contribution in [2.24, 2.45) is 0 Å². The van der Waals surface area contributed by atoms with Gasteiger partial charge in [-0.2, -0.15) is 23.5 Å². The maximum atomic E-state index is 6.31. The van der Waals surface area contributed by atoms with Crippen molar-refractivity contribution in [3.05, 3.63) is 0 Å². The fourth-order valence-corrected chi connectivity index (χ4v) is 8.32. The molecule has 0 bridgehead atoms. The van der Waals surface area contributed by atoms with Crippen LogP contribution < -0.4 is 0 Å². The number of hydrogen-bond donors (Lipinski definition) is 0. The lowest BCUT2D eigenvalue weighted by Crippen LogP contribution is -2.12. The number of thioether (sulfide) groups is 2. The van der Waals surface area contributed by atoms with Crippen molar-refractivity contribution in [1.29, 1.82) is 0 Å². The highest BCUT2D eigenvalue weighted by molar-refractivity contribution is 8.00. The van der Waals surface area contributed by atoms with E-state index >= 15 is 0 Å². The molecule has 0 N–H and O–H groups in total. The molecule has 0 aliphatic rings. The van der Waals surface area contributed by atoms with E-state index in [9.17, 15) is 0 Å². The number of rotatable bonds is 36. The standard InChI is InChI=1S/C38H78OS2/c1-5-9-13-17-19-21-23-27-35-40-37(29-25-15-11-7-3)31-33-39-34-32-38(30-26-16-12-8-4)41-36-28-24-22-20-18-14-10-6-2/h37-38H,5-36H2,1-4H3. The van der Waals surface area contributed by atoms with E-state index in [0.29, 0.717) is 0 Å². The molecule has 0 amide bonds. The van der Waals surface area contributed by atoms with Crippen molar-refractivity contribution < 1.29 is 4.74 Å². The first-order valence-corrected chi connectivity index (χ1v) is 21.2. The van der Waals surface area contributed by atoms with E-state index in [0.717, 1.165) is 23.7 Å². The van der Waals surface area contributed by atoms with Gasteiger partial charge < -0.3 is 4.74 Å². The van der Waals surface area contributed by atoms with E-state index in [4.69, 9.17) is 4.74 Å². The summed E-state index contributed by atoms with van der Waals surface area (Å²) in [7, 11) is 0. The Morgan fingerprint density at radius 3 is 0.976 bits per heavy atom. The van der Waals surface area contributed by atoms with E-state index < -0.39 is 0 Å². The highest BCUT2D eigenvalue weighted by Crippen LogP contribution is 2.25. The van der Waals surface area contributed by atoms with Gasteiger partial charge in [-0.05, 0) is 50.0 Å². The summed E-state index contributed by atoms with van der Waals surface area (Å²) in [4.78, 5) is 0. The van der Waals surface area contributed by atoms with E-state index in [1.165, 1.54) is 191 Å². The Morgan fingerprint density at radius 2 is 0.634 bits per heavy atom. The summed E-state index contributed by atoms with van der Waals surface area (Å²) in [6, 6.07) is 0. The maximum Gasteiger partial charge on any atom is 0.0476 e. The van der Waals surface area contributed by atoms with Gasteiger partial charge >= 0.3 is 0 Å². The van der Waals surface area contributed by atoms with Crippen LogP contribution in [0.1, 0.15) is 207 Å². The number of unbranched alkanes of at least 4 members (excludes halogenated alkanes) is 20. The van der Waals surface area contributed by atoms with Crippen molar-refractivity contribution in [3.63, 3.8) is 0 Å². The normalized spacial score (nSPS) is 13.2. The fourth-order valence-electron chi connectivity index (χ4n) is 5.72. The van der Waals surface area contributed by atoms with Crippen LogP contribution in [-0.4, -0.2) is 35.2 Å². The second-order valence-corrected chi connectivity index (χ2v) is 15.6. The predicted molar refractivity (Wildman–Crippen MR) is 195 cm³/mol. The molecule has 0 aliphatic carbocycles. The third-order valence-corrected chi connectivity index (χ3v) is 11.6. The van der Waals surface area contributed by atoms with Gasteiger partial charge in [0.25, 0.3) is 0 Å². The lowest BCUT2D eigenvalue weighted by molar-refractivity contribution is 0.127. The Labute approximate surface area is 270 Å². The van der Waals surface area contributed by atoms with Crippen molar-refractivity contribution in [1.82, 2.24) is 0 Å². The van der Waals surface area contributed by atoms with Crippen molar-refractivity contribution in [2.45, 2.75) is 218 Å². The first-order valence-electron chi connectivity index (χ1n) is 19.1. The van der Waals surface area contributed by atoms with Gasteiger partial charge in [0.1, 0.15) is 0 Å². The van der Waals surface area contributed by atoms with Crippen LogP contribution in [0.15, 0.2) is 0 Å². The van der Waals surface area contributed by atoms with Crippen LogP contribution in [0.2, 0.25) is 0 Å². The van der Waals surface area contributed by atoms with Crippen LogP contribution in [0, 0.1) is 0 Å². The first kappa shape index (κ1) is 41.7. The van der Waals surface area contributed by atoms with Crippen LogP contribution in [0.25, 0.3) is 0 Å². The summed E-state index contributed by atoms with van der Waals surface area (Å²) < 4.78 is 6.31. The third-order valence-electron chi connectivity index (χ3n) is 8.63. The molecular weight excluding hydrogens is 537 g/mol. The number of ether oxygens (including phenoxy) is 1. The van der Waals surface area contributed by atoms with Crippen LogP contribution >= 0.6 is 23.5 Å². The minimum Gasteiger partial charge on any atom is -0.381 e. The molecule has 0 radical (unpaired) electrons. The minimum absolute atomic E-state index is 0.817. The summed E-state index contributed by atoms with van der Waals surface area (Å²) in [5.74, 6) is 2.73. The van der Waals surface area contributed by atoms with Gasteiger partial charge in [-0.15, -0.1) is 0 Å². The summed E-state index contributed by atoms with van der Waals surface area (Å²) in [6.45, 7) is 11.2. The number of hydrogen-bond acceptors (Lipinski definition) is 3. The van der Waals surface area contributed by atoms with Gasteiger partial charge in [-0.25, -0.2) is 0 Å². The predicted octanol–water partition coefficient (Wildman–Crippen LogP) is 14.2. The molecule has 1 nitrogen and oxygen atoms in total. The molecule has 41 heavy (non-hydrogen) atoms.